The van der Waals surface area contributed by atoms with E-state index in [9.17, 15) is 0 Å². The van der Waals surface area contributed by atoms with Crippen molar-refractivity contribution in [2.75, 3.05) is 7.05 Å². The predicted molar refractivity (Wildman–Crippen MR) is 77.4 cm³/mol. The van der Waals surface area contributed by atoms with Crippen molar-refractivity contribution in [3.63, 3.8) is 0 Å². The fourth-order valence-corrected chi connectivity index (χ4v) is 2.51. The molecule has 0 saturated heterocycles. The average Bonchev–Trinajstić information content (AvgIpc) is 2.74. The molecule has 0 aromatic carbocycles. The second-order valence-corrected chi connectivity index (χ2v) is 4.96. The van der Waals surface area contributed by atoms with Gasteiger partial charge in [-0.3, -0.25) is 9.67 Å². The molecule has 0 radical (unpaired) electrons. The van der Waals surface area contributed by atoms with Gasteiger partial charge in [-0.2, -0.15) is 5.10 Å². The highest BCUT2D eigenvalue weighted by atomic mass is 35.5. The van der Waals surface area contributed by atoms with Crippen molar-refractivity contribution in [1.29, 1.82) is 0 Å². The van der Waals surface area contributed by atoms with Crippen LogP contribution in [-0.2, 0) is 6.54 Å². The molecule has 0 spiro atoms. The third-order valence-corrected chi connectivity index (χ3v) is 3.38. The zero-order valence-corrected chi connectivity index (χ0v) is 12.3. The number of pyridine rings is 1. The van der Waals surface area contributed by atoms with E-state index in [-0.39, 0.29) is 6.04 Å². The van der Waals surface area contributed by atoms with E-state index in [1.807, 2.05) is 30.9 Å². The highest BCUT2D eigenvalue weighted by molar-refractivity contribution is 6.31. The summed E-state index contributed by atoms with van der Waals surface area (Å²) in [7, 11) is 1.93. The van der Waals surface area contributed by atoms with Crippen LogP contribution in [0.25, 0.3) is 0 Å². The highest BCUT2D eigenvalue weighted by Gasteiger charge is 2.20. The van der Waals surface area contributed by atoms with E-state index in [0.29, 0.717) is 5.02 Å². The number of aromatic nitrogens is 3. The molecule has 2 rings (SSSR count). The molecular formula is C14H19ClN4. The molecule has 2 heterocycles. The number of hydrogen-bond donors (Lipinski definition) is 1. The largest absolute Gasteiger partial charge is 0.308 e. The van der Waals surface area contributed by atoms with Crippen LogP contribution in [0, 0.1) is 6.92 Å². The maximum absolute atomic E-state index is 6.30. The number of rotatable bonds is 5. The summed E-state index contributed by atoms with van der Waals surface area (Å²) in [5.74, 6) is 0. The van der Waals surface area contributed by atoms with Crippen molar-refractivity contribution in [1.82, 2.24) is 20.1 Å². The molecule has 102 valence electrons. The summed E-state index contributed by atoms with van der Waals surface area (Å²) in [6, 6.07) is 4.11. The first-order valence-corrected chi connectivity index (χ1v) is 6.86. The Morgan fingerprint density at radius 3 is 2.89 bits per heavy atom. The van der Waals surface area contributed by atoms with Crippen molar-refractivity contribution < 1.29 is 0 Å². The van der Waals surface area contributed by atoms with Gasteiger partial charge in [0.25, 0.3) is 0 Å². The summed E-state index contributed by atoms with van der Waals surface area (Å²) in [4.78, 5) is 4.24. The van der Waals surface area contributed by atoms with Crippen molar-refractivity contribution in [2.45, 2.75) is 32.9 Å². The summed E-state index contributed by atoms with van der Waals surface area (Å²) in [5.41, 5.74) is 3.15. The van der Waals surface area contributed by atoms with E-state index < -0.39 is 0 Å². The molecule has 1 atom stereocenters. The fourth-order valence-electron chi connectivity index (χ4n) is 2.26. The molecule has 4 nitrogen and oxygen atoms in total. The summed E-state index contributed by atoms with van der Waals surface area (Å²) >= 11 is 6.30. The van der Waals surface area contributed by atoms with Crippen molar-refractivity contribution >= 4 is 11.6 Å². The lowest BCUT2D eigenvalue weighted by Crippen LogP contribution is -2.22. The van der Waals surface area contributed by atoms with Gasteiger partial charge in [-0.05, 0) is 38.1 Å². The second-order valence-electron chi connectivity index (χ2n) is 4.55. The van der Waals surface area contributed by atoms with Gasteiger partial charge in [0.1, 0.15) is 0 Å². The second kappa shape index (κ2) is 6.17. The van der Waals surface area contributed by atoms with Gasteiger partial charge >= 0.3 is 0 Å². The molecule has 0 aliphatic carbocycles. The van der Waals surface area contributed by atoms with Gasteiger partial charge in [-0.1, -0.05) is 18.5 Å². The molecule has 0 aliphatic rings. The van der Waals surface area contributed by atoms with Crippen molar-refractivity contribution in [2.24, 2.45) is 0 Å². The topological polar surface area (TPSA) is 42.7 Å². The summed E-state index contributed by atoms with van der Waals surface area (Å²) in [6.07, 6.45) is 4.56. The Hall–Kier alpha value is -1.39. The molecular weight excluding hydrogens is 260 g/mol. The number of aryl methyl sites for hydroxylation is 2. The Labute approximate surface area is 118 Å². The zero-order chi connectivity index (χ0) is 13.8. The summed E-state index contributed by atoms with van der Waals surface area (Å²) in [6.45, 7) is 4.98. The first-order valence-electron chi connectivity index (χ1n) is 6.48. The molecule has 19 heavy (non-hydrogen) atoms. The lowest BCUT2D eigenvalue weighted by molar-refractivity contribution is 0.534. The van der Waals surface area contributed by atoms with Crippen molar-refractivity contribution in [3.8, 4) is 0 Å². The van der Waals surface area contributed by atoms with Crippen LogP contribution in [0.3, 0.4) is 0 Å². The minimum absolute atomic E-state index is 0.0308. The molecule has 1 unspecified atom stereocenters. The minimum Gasteiger partial charge on any atom is -0.308 e. The molecule has 5 heteroatoms. The van der Waals surface area contributed by atoms with Crippen LogP contribution in [0.5, 0.6) is 0 Å². The Kier molecular flexibility index (Phi) is 4.56. The lowest BCUT2D eigenvalue weighted by Gasteiger charge is -2.19. The monoisotopic (exact) mass is 278 g/mol. The van der Waals surface area contributed by atoms with Gasteiger partial charge in [0.2, 0.25) is 0 Å². The smallest absolute Gasteiger partial charge is 0.0837 e. The molecule has 0 saturated carbocycles. The molecule has 2 aromatic rings. The average molecular weight is 279 g/mol. The van der Waals surface area contributed by atoms with Gasteiger partial charge in [0, 0.05) is 18.4 Å². The first kappa shape index (κ1) is 14.0. The van der Waals surface area contributed by atoms with Crippen LogP contribution in [-0.4, -0.2) is 21.8 Å². The quantitative estimate of drug-likeness (QED) is 0.914. The third kappa shape index (κ3) is 2.96. The highest BCUT2D eigenvalue weighted by Crippen LogP contribution is 2.28. The molecule has 0 bridgehead atoms. The standard InChI is InChI=1S/C14H19ClN4/c1-4-7-19-14(12(15)9-18-19)13(16-3)11-5-6-17-10(2)8-11/h5-6,8-9,13,16H,4,7H2,1-3H3. The van der Waals surface area contributed by atoms with Crippen LogP contribution < -0.4 is 5.32 Å². The molecule has 0 fully saturated rings. The van der Waals surface area contributed by atoms with Gasteiger partial charge in [-0.15, -0.1) is 0 Å². The zero-order valence-electron chi connectivity index (χ0n) is 11.5. The molecule has 0 amide bonds. The Morgan fingerprint density at radius 2 is 2.26 bits per heavy atom. The van der Waals surface area contributed by atoms with Crippen molar-refractivity contribution in [3.05, 3.63) is 46.5 Å². The summed E-state index contributed by atoms with van der Waals surface area (Å²) in [5, 5.41) is 8.36. The van der Waals surface area contributed by atoms with E-state index in [1.54, 1.807) is 6.20 Å². The number of halogens is 1. The SMILES string of the molecule is CCCn1ncc(Cl)c1C(NC)c1ccnc(C)c1. The van der Waals surface area contributed by atoms with Crippen LogP contribution in [0.2, 0.25) is 5.02 Å². The fraction of sp³-hybridized carbons (Fsp3) is 0.429. The van der Waals surface area contributed by atoms with Crippen LogP contribution in [0.1, 0.15) is 36.3 Å². The molecule has 1 N–H and O–H groups in total. The van der Waals surface area contributed by atoms with E-state index in [2.05, 4.69) is 28.4 Å². The molecule has 2 aromatic heterocycles. The van der Waals surface area contributed by atoms with Crippen LogP contribution in [0.4, 0.5) is 0 Å². The Morgan fingerprint density at radius 1 is 1.47 bits per heavy atom. The van der Waals surface area contributed by atoms with Crippen LogP contribution in [0.15, 0.2) is 24.5 Å². The first-order chi connectivity index (χ1) is 9.17. The van der Waals surface area contributed by atoms with Gasteiger partial charge < -0.3 is 5.32 Å². The minimum atomic E-state index is 0.0308. The third-order valence-electron chi connectivity index (χ3n) is 3.08. The van der Waals surface area contributed by atoms with E-state index in [1.165, 1.54) is 0 Å². The molecule has 0 aliphatic heterocycles. The Balaban J connectivity index is 2.44. The normalized spacial score (nSPS) is 12.6. The van der Waals surface area contributed by atoms with Gasteiger partial charge in [-0.25, -0.2) is 0 Å². The predicted octanol–water partition coefficient (Wildman–Crippen LogP) is 2.96. The number of hydrogen-bond acceptors (Lipinski definition) is 3. The number of nitrogens with one attached hydrogen (secondary N) is 1. The van der Waals surface area contributed by atoms with E-state index >= 15 is 0 Å². The maximum Gasteiger partial charge on any atom is 0.0837 e. The van der Waals surface area contributed by atoms with Crippen LogP contribution >= 0.6 is 11.6 Å². The lowest BCUT2D eigenvalue weighted by atomic mass is 10.0. The van der Waals surface area contributed by atoms with Gasteiger partial charge in [0.05, 0.1) is 23.0 Å². The maximum atomic E-state index is 6.30. The van der Waals surface area contributed by atoms with Gasteiger partial charge in [0.15, 0.2) is 0 Å². The number of nitrogens with zero attached hydrogens (tertiary/aromatic N) is 3. The van der Waals surface area contributed by atoms with E-state index in [0.717, 1.165) is 29.9 Å². The van der Waals surface area contributed by atoms with E-state index in [4.69, 9.17) is 11.6 Å². The summed E-state index contributed by atoms with van der Waals surface area (Å²) < 4.78 is 1.97. The Bertz CT molecular complexity index is 550.